The van der Waals surface area contributed by atoms with Gasteiger partial charge in [-0.2, -0.15) is 0 Å². The molecule has 1 fully saturated rings. The molecule has 9 heteroatoms. The number of thiophene rings is 1. The third-order valence-corrected chi connectivity index (χ3v) is 6.64. The lowest BCUT2D eigenvalue weighted by atomic mass is 10.1. The van der Waals surface area contributed by atoms with E-state index in [9.17, 15) is 18.0 Å². The highest BCUT2D eigenvalue weighted by molar-refractivity contribution is 7.91. The molecule has 2 amide bonds. The maximum atomic E-state index is 12.2. The Morgan fingerprint density at radius 2 is 2.08 bits per heavy atom. The van der Waals surface area contributed by atoms with E-state index in [4.69, 9.17) is 0 Å². The molecule has 1 unspecified atom stereocenters. The van der Waals surface area contributed by atoms with Gasteiger partial charge in [0.2, 0.25) is 21.8 Å². The molecule has 1 atom stereocenters. The van der Waals surface area contributed by atoms with Gasteiger partial charge in [0.1, 0.15) is 4.21 Å². The van der Waals surface area contributed by atoms with Gasteiger partial charge >= 0.3 is 0 Å². The summed E-state index contributed by atoms with van der Waals surface area (Å²) >= 11 is 1.14. The normalized spacial score (nSPS) is 18.9. The fourth-order valence-electron chi connectivity index (χ4n) is 2.53. The van der Waals surface area contributed by atoms with Gasteiger partial charge in [-0.3, -0.25) is 9.59 Å². The molecular weight excluding hydrogens is 350 g/mol. The predicted octanol–water partition coefficient (Wildman–Crippen LogP) is 0.790. The van der Waals surface area contributed by atoms with Crippen LogP contribution in [0, 0.1) is 5.92 Å². The number of nitrogens with zero attached hydrogens (tertiary/aromatic N) is 1. The lowest BCUT2D eigenvalue weighted by molar-refractivity contribution is -0.132. The second-order valence-electron chi connectivity index (χ2n) is 6.70. The van der Waals surface area contributed by atoms with Crippen LogP contribution in [-0.4, -0.2) is 50.3 Å². The van der Waals surface area contributed by atoms with Gasteiger partial charge in [-0.15, -0.1) is 11.3 Å². The Kier molecular flexibility index (Phi) is 5.67. The molecule has 134 valence electrons. The summed E-state index contributed by atoms with van der Waals surface area (Å²) in [4.78, 5) is 25.8. The molecule has 1 aliphatic rings. The zero-order valence-electron chi connectivity index (χ0n) is 14.0. The van der Waals surface area contributed by atoms with Crippen molar-refractivity contribution in [2.75, 3.05) is 19.6 Å². The highest BCUT2D eigenvalue weighted by Gasteiger charge is 2.39. The second-order valence-corrected chi connectivity index (χ2v) is 9.64. The van der Waals surface area contributed by atoms with Crippen molar-refractivity contribution in [1.29, 1.82) is 0 Å². The minimum Gasteiger partial charge on any atom is -0.354 e. The number of carbonyl (C=O) groups is 2. The van der Waals surface area contributed by atoms with Crippen molar-refractivity contribution >= 4 is 33.2 Å². The number of hydrogen-bond donors (Lipinski definition) is 2. The quantitative estimate of drug-likeness (QED) is 0.721. The number of likely N-dealkylation sites (tertiary alicyclic amines) is 1. The highest BCUT2D eigenvalue weighted by atomic mass is 32.2. The van der Waals surface area contributed by atoms with Crippen molar-refractivity contribution < 1.29 is 18.0 Å². The summed E-state index contributed by atoms with van der Waals surface area (Å²) in [5.74, 6) is -0.628. The topological polar surface area (TPSA) is 95.6 Å². The summed E-state index contributed by atoms with van der Waals surface area (Å²) < 4.78 is 26.5. The van der Waals surface area contributed by atoms with Gasteiger partial charge in [-0.1, -0.05) is 6.07 Å². The number of carbonyl (C=O) groups excluding carboxylic acids is 2. The third kappa shape index (κ3) is 4.55. The van der Waals surface area contributed by atoms with Crippen LogP contribution < -0.4 is 10.0 Å². The first-order valence-corrected chi connectivity index (χ1v) is 10.1. The first-order chi connectivity index (χ1) is 11.1. The standard InChI is InChI=1S/C15H23N3O4S2/c1-15(2,3)18-10-11(9-12(18)19)14(20)16-6-7-17-24(21,22)13-5-4-8-23-13/h4-5,8,11,17H,6-7,9-10H2,1-3H3,(H,16,20). The predicted molar refractivity (Wildman–Crippen MR) is 92.1 cm³/mol. The van der Waals surface area contributed by atoms with Crippen LogP contribution in [0.5, 0.6) is 0 Å². The smallest absolute Gasteiger partial charge is 0.250 e. The zero-order chi connectivity index (χ0) is 18.0. The van der Waals surface area contributed by atoms with Crippen molar-refractivity contribution in [2.45, 2.75) is 36.9 Å². The number of rotatable bonds is 6. The molecule has 0 aliphatic carbocycles. The van der Waals surface area contributed by atoms with Gasteiger partial charge in [-0.25, -0.2) is 13.1 Å². The number of hydrogen-bond acceptors (Lipinski definition) is 5. The van der Waals surface area contributed by atoms with Crippen LogP contribution in [0.3, 0.4) is 0 Å². The number of amides is 2. The van der Waals surface area contributed by atoms with E-state index < -0.39 is 10.0 Å². The van der Waals surface area contributed by atoms with Gasteiger partial charge in [0, 0.05) is 31.6 Å². The molecule has 0 bridgehead atoms. The van der Waals surface area contributed by atoms with Gasteiger partial charge in [0.25, 0.3) is 0 Å². The highest BCUT2D eigenvalue weighted by Crippen LogP contribution is 2.25. The molecular formula is C15H23N3O4S2. The Hall–Kier alpha value is -1.45. The van der Waals surface area contributed by atoms with Crippen LogP contribution in [0.4, 0.5) is 0 Å². The molecule has 1 aromatic heterocycles. The van der Waals surface area contributed by atoms with Gasteiger partial charge in [0.05, 0.1) is 5.92 Å². The van der Waals surface area contributed by atoms with Crippen molar-refractivity contribution in [3.8, 4) is 0 Å². The summed E-state index contributed by atoms with van der Waals surface area (Å²) in [5.41, 5.74) is -0.303. The maximum Gasteiger partial charge on any atom is 0.250 e. The van der Waals surface area contributed by atoms with Crippen molar-refractivity contribution in [2.24, 2.45) is 5.92 Å². The first kappa shape index (κ1) is 18.9. The molecule has 1 saturated heterocycles. The van der Waals surface area contributed by atoms with Crippen LogP contribution >= 0.6 is 11.3 Å². The number of sulfonamides is 1. The molecule has 0 radical (unpaired) electrons. The molecule has 0 spiro atoms. The van der Waals surface area contributed by atoms with Gasteiger partial charge in [0.15, 0.2) is 0 Å². The van der Waals surface area contributed by atoms with Crippen LogP contribution in [-0.2, 0) is 19.6 Å². The van der Waals surface area contributed by atoms with E-state index in [1.54, 1.807) is 16.3 Å². The Bertz CT molecular complexity index is 693. The van der Waals surface area contributed by atoms with Crippen molar-refractivity contribution in [3.63, 3.8) is 0 Å². The summed E-state index contributed by atoms with van der Waals surface area (Å²) in [7, 11) is -3.52. The summed E-state index contributed by atoms with van der Waals surface area (Å²) in [5, 5.41) is 4.38. The van der Waals surface area contributed by atoms with Gasteiger partial charge < -0.3 is 10.2 Å². The molecule has 2 rings (SSSR count). The van der Waals surface area contributed by atoms with E-state index in [-0.39, 0.29) is 47.0 Å². The fourth-order valence-corrected chi connectivity index (χ4v) is 4.60. The molecule has 2 N–H and O–H groups in total. The van der Waals surface area contributed by atoms with E-state index in [0.29, 0.717) is 6.54 Å². The second kappa shape index (κ2) is 7.20. The SMILES string of the molecule is CC(C)(C)N1CC(C(=O)NCCNS(=O)(=O)c2cccs2)CC1=O. The van der Waals surface area contributed by atoms with E-state index in [0.717, 1.165) is 11.3 Å². The van der Waals surface area contributed by atoms with E-state index in [1.165, 1.54) is 6.07 Å². The van der Waals surface area contributed by atoms with Crippen LogP contribution in [0.25, 0.3) is 0 Å². The lowest BCUT2D eigenvalue weighted by Crippen LogP contribution is -2.43. The zero-order valence-corrected chi connectivity index (χ0v) is 15.7. The van der Waals surface area contributed by atoms with Gasteiger partial charge in [-0.05, 0) is 32.2 Å². The Balaban J connectivity index is 1.77. The fraction of sp³-hybridized carbons (Fsp3) is 0.600. The first-order valence-electron chi connectivity index (χ1n) is 7.72. The summed E-state index contributed by atoms with van der Waals surface area (Å²) in [6, 6.07) is 3.19. The van der Waals surface area contributed by atoms with Crippen LogP contribution in [0.1, 0.15) is 27.2 Å². The minimum absolute atomic E-state index is 0.0268. The largest absolute Gasteiger partial charge is 0.354 e. The van der Waals surface area contributed by atoms with Crippen molar-refractivity contribution in [3.05, 3.63) is 17.5 Å². The molecule has 24 heavy (non-hydrogen) atoms. The Morgan fingerprint density at radius 1 is 1.38 bits per heavy atom. The Morgan fingerprint density at radius 3 is 2.62 bits per heavy atom. The molecule has 2 heterocycles. The molecule has 1 aliphatic heterocycles. The van der Waals surface area contributed by atoms with E-state index in [2.05, 4.69) is 10.0 Å². The third-order valence-electron chi connectivity index (χ3n) is 3.78. The summed E-state index contributed by atoms with van der Waals surface area (Å²) in [6.45, 7) is 6.49. The van der Waals surface area contributed by atoms with E-state index in [1.807, 2.05) is 20.8 Å². The lowest BCUT2D eigenvalue weighted by Gasteiger charge is -2.31. The summed E-state index contributed by atoms with van der Waals surface area (Å²) in [6.07, 6.45) is 0.198. The van der Waals surface area contributed by atoms with Crippen LogP contribution in [0.2, 0.25) is 0 Å². The van der Waals surface area contributed by atoms with Crippen LogP contribution in [0.15, 0.2) is 21.7 Å². The number of nitrogens with one attached hydrogen (secondary N) is 2. The monoisotopic (exact) mass is 373 g/mol. The molecule has 1 aromatic rings. The maximum absolute atomic E-state index is 12.2. The molecule has 0 aromatic carbocycles. The molecule has 0 saturated carbocycles. The van der Waals surface area contributed by atoms with Crippen molar-refractivity contribution in [1.82, 2.24) is 14.9 Å². The Labute approximate surface area is 146 Å². The molecule has 7 nitrogen and oxygen atoms in total. The average molecular weight is 374 g/mol. The minimum atomic E-state index is -3.52. The van der Waals surface area contributed by atoms with E-state index >= 15 is 0 Å². The average Bonchev–Trinajstić information content (AvgIpc) is 3.12.